The van der Waals surface area contributed by atoms with E-state index in [1.807, 2.05) is 0 Å². The molecule has 2 aromatic rings. The minimum absolute atomic E-state index is 0. The van der Waals surface area contributed by atoms with Crippen LogP contribution in [0.5, 0.6) is 0 Å². The average Bonchev–Trinajstić information content (AvgIpc) is 2.92. The third-order valence-corrected chi connectivity index (χ3v) is 4.09. The molecule has 0 atom stereocenters. The number of rotatable bonds is 4. The summed E-state index contributed by atoms with van der Waals surface area (Å²) in [5.41, 5.74) is 0.00764. The van der Waals surface area contributed by atoms with Gasteiger partial charge in [0.15, 0.2) is 5.82 Å². The summed E-state index contributed by atoms with van der Waals surface area (Å²) >= 11 is 0. The number of hydrogen-bond donors (Lipinski definition) is 2. The Kier molecular flexibility index (Phi) is 6.44. The summed E-state index contributed by atoms with van der Waals surface area (Å²) in [6, 6.07) is 3.05. The maximum atomic E-state index is 13.6. The van der Waals surface area contributed by atoms with Crippen molar-refractivity contribution in [2.24, 2.45) is 7.05 Å². The standard InChI is InChI=1S/C16H19F2N5O.ClH/c1-23-16(21-15(22-23)10-4-6-19-7-5-10)20-14(24)9-11-8-12(17)2-3-13(11)18;/h2-3,8,10,19H,4-7,9H2,1H3,(H,20,21,22,24);1H. The monoisotopic (exact) mass is 371 g/mol. The Morgan fingerprint density at radius 2 is 2.08 bits per heavy atom. The van der Waals surface area contributed by atoms with E-state index < -0.39 is 17.5 Å². The summed E-state index contributed by atoms with van der Waals surface area (Å²) in [6.07, 6.45) is 1.64. The fourth-order valence-corrected chi connectivity index (χ4v) is 2.79. The summed E-state index contributed by atoms with van der Waals surface area (Å²) in [5.74, 6) is -0.377. The Bertz CT molecular complexity index is 746. The van der Waals surface area contributed by atoms with Crippen molar-refractivity contribution < 1.29 is 13.6 Å². The molecule has 2 heterocycles. The highest BCUT2D eigenvalue weighted by molar-refractivity contribution is 5.90. The molecule has 0 radical (unpaired) electrons. The fraction of sp³-hybridized carbons (Fsp3) is 0.438. The predicted octanol–water partition coefficient (Wildman–Crippen LogP) is 2.16. The second-order valence-electron chi connectivity index (χ2n) is 5.90. The minimum atomic E-state index is -0.611. The third-order valence-electron chi connectivity index (χ3n) is 4.09. The van der Waals surface area contributed by atoms with Crippen molar-refractivity contribution in [2.75, 3.05) is 18.4 Å². The van der Waals surface area contributed by atoms with Gasteiger partial charge in [0, 0.05) is 18.5 Å². The average molecular weight is 372 g/mol. The minimum Gasteiger partial charge on any atom is -0.317 e. The van der Waals surface area contributed by atoms with Crippen LogP contribution in [0.25, 0.3) is 0 Å². The molecule has 0 saturated carbocycles. The maximum absolute atomic E-state index is 13.6. The Hall–Kier alpha value is -2.06. The van der Waals surface area contributed by atoms with Gasteiger partial charge in [-0.3, -0.25) is 10.1 Å². The molecule has 0 bridgehead atoms. The van der Waals surface area contributed by atoms with Crippen molar-refractivity contribution in [3.63, 3.8) is 0 Å². The number of carbonyl (C=O) groups is 1. The fourth-order valence-electron chi connectivity index (χ4n) is 2.79. The molecule has 0 spiro atoms. The molecule has 0 aliphatic carbocycles. The van der Waals surface area contributed by atoms with Gasteiger partial charge in [0.2, 0.25) is 11.9 Å². The quantitative estimate of drug-likeness (QED) is 0.864. The first-order valence-electron chi connectivity index (χ1n) is 7.88. The van der Waals surface area contributed by atoms with Crippen molar-refractivity contribution in [1.29, 1.82) is 0 Å². The number of piperidine rings is 1. The van der Waals surface area contributed by atoms with Gasteiger partial charge in [-0.25, -0.2) is 13.5 Å². The molecule has 1 aromatic carbocycles. The molecule has 1 aliphatic heterocycles. The predicted molar refractivity (Wildman–Crippen MR) is 91.8 cm³/mol. The van der Waals surface area contributed by atoms with Crippen molar-refractivity contribution in [2.45, 2.75) is 25.2 Å². The molecular formula is C16H20ClF2N5O. The largest absolute Gasteiger partial charge is 0.317 e. The van der Waals surface area contributed by atoms with Gasteiger partial charge in [-0.05, 0) is 44.1 Å². The number of nitrogens with zero attached hydrogens (tertiary/aromatic N) is 3. The number of amides is 1. The number of aromatic nitrogens is 3. The summed E-state index contributed by atoms with van der Waals surface area (Å²) in [4.78, 5) is 16.5. The molecule has 1 fully saturated rings. The van der Waals surface area contributed by atoms with Crippen molar-refractivity contribution in [3.05, 3.63) is 41.2 Å². The lowest BCUT2D eigenvalue weighted by Gasteiger charge is -2.19. The van der Waals surface area contributed by atoms with Crippen LogP contribution >= 0.6 is 12.4 Å². The van der Waals surface area contributed by atoms with Gasteiger partial charge in [-0.15, -0.1) is 12.4 Å². The molecule has 2 N–H and O–H groups in total. The lowest BCUT2D eigenvalue weighted by molar-refractivity contribution is -0.115. The summed E-state index contributed by atoms with van der Waals surface area (Å²) in [7, 11) is 1.69. The molecule has 25 heavy (non-hydrogen) atoms. The van der Waals surface area contributed by atoms with Crippen LogP contribution in [0.15, 0.2) is 18.2 Å². The van der Waals surface area contributed by atoms with Crippen LogP contribution in [0, 0.1) is 11.6 Å². The first-order valence-corrected chi connectivity index (χ1v) is 7.88. The van der Waals surface area contributed by atoms with E-state index in [0.717, 1.165) is 44.1 Å². The van der Waals surface area contributed by atoms with E-state index in [1.165, 1.54) is 4.68 Å². The highest BCUT2D eigenvalue weighted by Crippen LogP contribution is 2.23. The van der Waals surface area contributed by atoms with Crippen LogP contribution in [-0.4, -0.2) is 33.8 Å². The zero-order valence-corrected chi connectivity index (χ0v) is 14.6. The molecule has 6 nitrogen and oxygen atoms in total. The molecule has 3 rings (SSSR count). The van der Waals surface area contributed by atoms with Crippen LogP contribution in [-0.2, 0) is 18.3 Å². The third kappa shape index (κ3) is 4.73. The van der Waals surface area contributed by atoms with Gasteiger partial charge in [-0.2, -0.15) is 10.1 Å². The lowest BCUT2D eigenvalue weighted by Crippen LogP contribution is -2.27. The van der Waals surface area contributed by atoms with E-state index in [2.05, 4.69) is 20.7 Å². The van der Waals surface area contributed by atoms with E-state index in [1.54, 1.807) is 7.05 Å². The molecule has 9 heteroatoms. The second-order valence-corrected chi connectivity index (χ2v) is 5.90. The summed E-state index contributed by atoms with van der Waals surface area (Å²) < 4.78 is 28.3. The van der Waals surface area contributed by atoms with E-state index in [-0.39, 0.29) is 30.3 Å². The SMILES string of the molecule is Cl.Cn1nc(C2CCNCC2)nc1NC(=O)Cc1cc(F)ccc1F. The number of aryl methyl sites for hydroxylation is 1. The van der Waals surface area contributed by atoms with Crippen LogP contribution < -0.4 is 10.6 Å². The Morgan fingerprint density at radius 3 is 2.80 bits per heavy atom. The van der Waals surface area contributed by atoms with Gasteiger partial charge >= 0.3 is 0 Å². The van der Waals surface area contributed by atoms with Gasteiger partial charge in [0.25, 0.3) is 0 Å². The Balaban J connectivity index is 0.00000225. The zero-order valence-electron chi connectivity index (χ0n) is 13.8. The second kappa shape index (κ2) is 8.35. The van der Waals surface area contributed by atoms with Crippen molar-refractivity contribution >= 4 is 24.3 Å². The highest BCUT2D eigenvalue weighted by Gasteiger charge is 2.21. The zero-order chi connectivity index (χ0) is 17.1. The Labute approximate surface area is 150 Å². The molecule has 0 unspecified atom stereocenters. The van der Waals surface area contributed by atoms with Gasteiger partial charge in [0.1, 0.15) is 11.6 Å². The molecule has 1 aromatic heterocycles. The van der Waals surface area contributed by atoms with E-state index in [0.29, 0.717) is 11.8 Å². The number of anilines is 1. The molecule has 1 amide bonds. The van der Waals surface area contributed by atoms with Gasteiger partial charge in [0.05, 0.1) is 6.42 Å². The van der Waals surface area contributed by atoms with E-state index in [9.17, 15) is 13.6 Å². The number of hydrogen-bond acceptors (Lipinski definition) is 4. The smallest absolute Gasteiger partial charge is 0.231 e. The summed E-state index contributed by atoms with van der Waals surface area (Å²) in [5, 5.41) is 10.2. The maximum Gasteiger partial charge on any atom is 0.231 e. The van der Waals surface area contributed by atoms with Gasteiger partial charge < -0.3 is 5.32 Å². The molecule has 1 saturated heterocycles. The van der Waals surface area contributed by atoms with Gasteiger partial charge in [-0.1, -0.05) is 0 Å². The topological polar surface area (TPSA) is 71.8 Å². The number of nitrogens with one attached hydrogen (secondary N) is 2. The van der Waals surface area contributed by atoms with Crippen LogP contribution in [0.3, 0.4) is 0 Å². The van der Waals surface area contributed by atoms with Crippen LogP contribution in [0.2, 0.25) is 0 Å². The number of carbonyl (C=O) groups excluding carboxylic acids is 1. The van der Waals surface area contributed by atoms with E-state index in [4.69, 9.17) is 0 Å². The first kappa shape index (κ1) is 19.3. The first-order chi connectivity index (χ1) is 11.5. The molecule has 136 valence electrons. The van der Waals surface area contributed by atoms with Crippen LogP contribution in [0.1, 0.15) is 30.1 Å². The molecular weight excluding hydrogens is 352 g/mol. The Morgan fingerprint density at radius 1 is 1.36 bits per heavy atom. The van der Waals surface area contributed by atoms with Crippen molar-refractivity contribution in [1.82, 2.24) is 20.1 Å². The highest BCUT2D eigenvalue weighted by atomic mass is 35.5. The lowest BCUT2D eigenvalue weighted by atomic mass is 9.98. The normalized spacial score (nSPS) is 14.8. The van der Waals surface area contributed by atoms with Crippen LogP contribution in [0.4, 0.5) is 14.7 Å². The van der Waals surface area contributed by atoms with Crippen molar-refractivity contribution in [3.8, 4) is 0 Å². The number of benzene rings is 1. The number of halogens is 3. The molecule has 1 aliphatic rings. The summed E-state index contributed by atoms with van der Waals surface area (Å²) in [6.45, 7) is 1.84. The van der Waals surface area contributed by atoms with E-state index >= 15 is 0 Å².